The first kappa shape index (κ1) is 16.8. The Morgan fingerprint density at radius 2 is 2.18 bits per heavy atom. The molecule has 0 radical (unpaired) electrons. The minimum absolute atomic E-state index is 0.486. The maximum atomic E-state index is 10.2. The van der Waals surface area contributed by atoms with Gasteiger partial charge in [-0.2, -0.15) is 0 Å². The van der Waals surface area contributed by atoms with Crippen LogP contribution in [0.1, 0.15) is 57.4 Å². The van der Waals surface area contributed by atoms with Crippen molar-refractivity contribution in [3.05, 3.63) is 53.6 Å². The van der Waals surface area contributed by atoms with Gasteiger partial charge in [0, 0.05) is 0 Å². The Morgan fingerprint density at radius 3 is 2.86 bits per heavy atom. The van der Waals surface area contributed by atoms with Crippen molar-refractivity contribution < 1.29 is 9.84 Å². The molecule has 0 amide bonds. The van der Waals surface area contributed by atoms with Gasteiger partial charge in [0.2, 0.25) is 0 Å². The molecule has 22 heavy (non-hydrogen) atoms. The van der Waals surface area contributed by atoms with Crippen LogP contribution in [0.4, 0.5) is 0 Å². The molecule has 1 N–H and O–H groups in total. The van der Waals surface area contributed by atoms with Crippen LogP contribution in [0.3, 0.4) is 0 Å². The van der Waals surface area contributed by atoms with E-state index < -0.39 is 5.60 Å². The van der Waals surface area contributed by atoms with Crippen molar-refractivity contribution >= 4 is 0 Å². The molecule has 1 aromatic carbocycles. The van der Waals surface area contributed by atoms with Gasteiger partial charge in [0.1, 0.15) is 5.75 Å². The van der Waals surface area contributed by atoms with Gasteiger partial charge in [-0.3, -0.25) is 0 Å². The Morgan fingerprint density at radius 1 is 1.36 bits per heavy atom. The Hall–Kier alpha value is -1.54. The van der Waals surface area contributed by atoms with Crippen molar-refractivity contribution in [1.29, 1.82) is 0 Å². The van der Waals surface area contributed by atoms with Crippen molar-refractivity contribution in [3.63, 3.8) is 0 Å². The molecule has 0 saturated heterocycles. The molecule has 1 aromatic rings. The van der Waals surface area contributed by atoms with E-state index >= 15 is 0 Å². The monoisotopic (exact) mass is 300 g/mol. The van der Waals surface area contributed by atoms with Gasteiger partial charge in [-0.1, -0.05) is 37.3 Å². The van der Waals surface area contributed by atoms with Gasteiger partial charge in [-0.25, -0.2) is 0 Å². The van der Waals surface area contributed by atoms with Gasteiger partial charge in [0.05, 0.1) is 12.7 Å². The number of benzene rings is 1. The summed E-state index contributed by atoms with van der Waals surface area (Å²) in [4.78, 5) is 0. The Bertz CT molecular complexity index is 540. The van der Waals surface area contributed by atoms with Gasteiger partial charge >= 0.3 is 0 Å². The van der Waals surface area contributed by atoms with Gasteiger partial charge in [-0.15, -0.1) is 0 Å². The molecule has 2 heteroatoms. The van der Waals surface area contributed by atoms with Crippen LogP contribution in [0.5, 0.6) is 5.75 Å². The molecule has 2 atom stereocenters. The third-order valence-corrected chi connectivity index (χ3v) is 4.61. The molecule has 0 saturated carbocycles. The molecule has 0 aromatic heterocycles. The summed E-state index contributed by atoms with van der Waals surface area (Å²) in [5, 5.41) is 10.2. The van der Waals surface area contributed by atoms with Crippen LogP contribution in [-0.2, 0) is 0 Å². The lowest BCUT2D eigenvalue weighted by Gasteiger charge is -2.20. The molecule has 0 aliphatic heterocycles. The molecule has 0 bridgehead atoms. The van der Waals surface area contributed by atoms with Crippen molar-refractivity contribution in [3.8, 4) is 5.75 Å². The smallest absolute Gasteiger partial charge is 0.119 e. The first-order valence-electron chi connectivity index (χ1n) is 8.24. The Kier molecular flexibility index (Phi) is 5.84. The van der Waals surface area contributed by atoms with Crippen molar-refractivity contribution in [2.24, 2.45) is 0 Å². The molecular weight excluding hydrogens is 272 g/mol. The largest absolute Gasteiger partial charge is 0.497 e. The zero-order valence-electron chi connectivity index (χ0n) is 14.0. The zero-order valence-corrected chi connectivity index (χ0v) is 14.0. The Balaban J connectivity index is 1.77. The lowest BCUT2D eigenvalue weighted by Crippen LogP contribution is -2.22. The van der Waals surface area contributed by atoms with Crippen molar-refractivity contribution in [1.82, 2.24) is 0 Å². The van der Waals surface area contributed by atoms with E-state index in [0.29, 0.717) is 5.92 Å². The first-order chi connectivity index (χ1) is 10.5. The van der Waals surface area contributed by atoms with E-state index in [1.54, 1.807) is 7.11 Å². The van der Waals surface area contributed by atoms with Crippen LogP contribution in [0, 0.1) is 0 Å². The predicted octanol–water partition coefficient (Wildman–Crippen LogP) is 5.00. The summed E-state index contributed by atoms with van der Waals surface area (Å²) in [6, 6.07) is 8.29. The highest BCUT2D eigenvalue weighted by Gasteiger charge is 2.28. The number of ether oxygens (including phenoxy) is 1. The third kappa shape index (κ3) is 4.48. The second-order valence-corrected chi connectivity index (χ2v) is 6.47. The SMILES string of the molecule is COc1cccc(C(C)C/C=C/CCC2=CCCC2(C)O)c1. The first-order valence-corrected chi connectivity index (χ1v) is 8.24. The lowest BCUT2D eigenvalue weighted by molar-refractivity contribution is 0.0965. The number of rotatable bonds is 7. The van der Waals surface area contributed by atoms with E-state index in [4.69, 9.17) is 4.74 Å². The number of allylic oxidation sites excluding steroid dienone is 3. The molecule has 2 nitrogen and oxygen atoms in total. The fourth-order valence-electron chi connectivity index (χ4n) is 3.02. The van der Waals surface area contributed by atoms with E-state index in [1.165, 1.54) is 11.1 Å². The third-order valence-electron chi connectivity index (χ3n) is 4.61. The average molecular weight is 300 g/mol. The van der Waals surface area contributed by atoms with E-state index in [9.17, 15) is 5.11 Å². The fourth-order valence-corrected chi connectivity index (χ4v) is 3.02. The number of aliphatic hydroxyl groups is 1. The summed E-state index contributed by atoms with van der Waals surface area (Å²) in [6.07, 6.45) is 11.6. The molecule has 120 valence electrons. The number of hydrogen-bond acceptors (Lipinski definition) is 2. The van der Waals surface area contributed by atoms with E-state index in [1.807, 2.05) is 19.1 Å². The molecule has 1 aliphatic rings. The van der Waals surface area contributed by atoms with E-state index in [0.717, 1.165) is 37.9 Å². The van der Waals surface area contributed by atoms with Crippen molar-refractivity contribution in [2.75, 3.05) is 7.11 Å². The van der Waals surface area contributed by atoms with Crippen LogP contribution in [-0.4, -0.2) is 17.8 Å². The van der Waals surface area contributed by atoms with Crippen molar-refractivity contribution in [2.45, 2.75) is 57.5 Å². The molecule has 0 spiro atoms. The second kappa shape index (κ2) is 7.64. The van der Waals surface area contributed by atoms with Gasteiger partial charge in [0.15, 0.2) is 0 Å². The lowest BCUT2D eigenvalue weighted by atomic mass is 9.94. The van der Waals surface area contributed by atoms with Crippen LogP contribution < -0.4 is 4.74 Å². The van der Waals surface area contributed by atoms with Crippen LogP contribution in [0.15, 0.2) is 48.1 Å². The van der Waals surface area contributed by atoms with E-state index in [2.05, 4.69) is 37.3 Å². The Labute approximate surface area is 134 Å². The standard InChI is InChI=1S/C20H28O2/c1-16(17-10-7-13-19(15-17)22-3)9-5-4-6-11-18-12-8-14-20(18,2)21/h4-5,7,10,12-13,15-16,21H,6,8-9,11,14H2,1-3H3/b5-4+. The zero-order chi connectivity index (χ0) is 16.0. The van der Waals surface area contributed by atoms with E-state index in [-0.39, 0.29) is 0 Å². The molecule has 0 heterocycles. The fraction of sp³-hybridized carbons (Fsp3) is 0.500. The maximum absolute atomic E-state index is 10.2. The molecule has 2 unspecified atom stereocenters. The highest BCUT2D eigenvalue weighted by atomic mass is 16.5. The highest BCUT2D eigenvalue weighted by Crippen LogP contribution is 2.32. The minimum Gasteiger partial charge on any atom is -0.497 e. The summed E-state index contributed by atoms with van der Waals surface area (Å²) >= 11 is 0. The molecule has 1 aliphatic carbocycles. The van der Waals surface area contributed by atoms with Crippen LogP contribution in [0.2, 0.25) is 0 Å². The summed E-state index contributed by atoms with van der Waals surface area (Å²) in [5.41, 5.74) is 1.95. The molecular formula is C20H28O2. The quantitative estimate of drug-likeness (QED) is 0.718. The summed E-state index contributed by atoms with van der Waals surface area (Å²) in [5.74, 6) is 1.41. The summed E-state index contributed by atoms with van der Waals surface area (Å²) in [6.45, 7) is 4.17. The maximum Gasteiger partial charge on any atom is 0.119 e. The van der Waals surface area contributed by atoms with Crippen LogP contribution in [0.25, 0.3) is 0 Å². The van der Waals surface area contributed by atoms with Gasteiger partial charge < -0.3 is 9.84 Å². The minimum atomic E-state index is -0.568. The topological polar surface area (TPSA) is 29.5 Å². The van der Waals surface area contributed by atoms with Crippen LogP contribution >= 0.6 is 0 Å². The second-order valence-electron chi connectivity index (χ2n) is 6.47. The average Bonchev–Trinajstić information content (AvgIpc) is 2.85. The van der Waals surface area contributed by atoms with Gasteiger partial charge in [0.25, 0.3) is 0 Å². The molecule has 0 fully saturated rings. The highest BCUT2D eigenvalue weighted by molar-refractivity contribution is 5.30. The number of hydrogen-bond donors (Lipinski definition) is 1. The molecule has 2 rings (SSSR count). The summed E-state index contributed by atoms with van der Waals surface area (Å²) in [7, 11) is 1.70. The van der Waals surface area contributed by atoms with Gasteiger partial charge in [-0.05, 0) is 68.2 Å². The summed E-state index contributed by atoms with van der Waals surface area (Å²) < 4.78 is 5.28. The predicted molar refractivity (Wildman–Crippen MR) is 92.3 cm³/mol. The normalized spacial score (nSPS) is 22.8. The number of methoxy groups -OCH3 is 1.